The number of anilines is 1. The van der Waals surface area contributed by atoms with E-state index < -0.39 is 6.61 Å². The summed E-state index contributed by atoms with van der Waals surface area (Å²) in [6.45, 7) is 1.51. The molecule has 0 radical (unpaired) electrons. The largest absolute Gasteiger partial charge is 0.490 e. The van der Waals surface area contributed by atoms with Gasteiger partial charge in [0, 0.05) is 6.07 Å². The van der Waals surface area contributed by atoms with Crippen LogP contribution in [0.2, 0.25) is 0 Å². The van der Waals surface area contributed by atoms with E-state index in [1.807, 2.05) is 6.92 Å². The summed E-state index contributed by atoms with van der Waals surface area (Å²) in [6.07, 6.45) is 0. The number of aromatic nitrogens is 2. The van der Waals surface area contributed by atoms with Crippen molar-refractivity contribution in [2.75, 3.05) is 12.3 Å². The third-order valence-corrected chi connectivity index (χ3v) is 2.79. The lowest BCUT2D eigenvalue weighted by atomic mass is 10.2. The quantitative estimate of drug-likeness (QED) is 0.890. The minimum Gasteiger partial charge on any atom is -0.490 e. The molecule has 2 aromatic rings. The Labute approximate surface area is 121 Å². The van der Waals surface area contributed by atoms with Crippen LogP contribution in [0.1, 0.15) is 18.2 Å². The average molecular weight is 297 g/mol. The van der Waals surface area contributed by atoms with E-state index in [2.05, 4.69) is 9.84 Å². The number of ether oxygens (including phenoxy) is 2. The molecule has 0 amide bonds. The van der Waals surface area contributed by atoms with Crippen LogP contribution >= 0.6 is 0 Å². The monoisotopic (exact) mass is 297 g/mol. The molecule has 7 heteroatoms. The molecule has 0 unspecified atom stereocenters. The third-order valence-electron chi connectivity index (χ3n) is 2.79. The Hall–Kier alpha value is -2.31. The highest BCUT2D eigenvalue weighted by molar-refractivity contribution is 5.43. The highest BCUT2D eigenvalue weighted by Crippen LogP contribution is 2.30. The molecule has 114 valence electrons. The van der Waals surface area contributed by atoms with Gasteiger partial charge in [-0.1, -0.05) is 6.07 Å². The summed E-state index contributed by atoms with van der Waals surface area (Å²) in [5, 5.41) is 4.25. The third kappa shape index (κ3) is 3.84. The van der Waals surface area contributed by atoms with Crippen molar-refractivity contribution in [3.05, 3.63) is 35.5 Å². The SMILES string of the molecule is CCOc1cc(Cn2nc(C)cc2N)ccc1OC(F)F. The first kappa shape index (κ1) is 15.1. The van der Waals surface area contributed by atoms with Crippen LogP contribution in [0.4, 0.5) is 14.6 Å². The molecule has 0 fully saturated rings. The van der Waals surface area contributed by atoms with Crippen molar-refractivity contribution >= 4 is 5.82 Å². The maximum absolute atomic E-state index is 12.3. The van der Waals surface area contributed by atoms with Crippen LogP contribution < -0.4 is 15.2 Å². The molecule has 1 heterocycles. The summed E-state index contributed by atoms with van der Waals surface area (Å²) in [7, 11) is 0. The molecule has 0 aliphatic heterocycles. The van der Waals surface area contributed by atoms with Crippen molar-refractivity contribution in [1.82, 2.24) is 9.78 Å². The van der Waals surface area contributed by atoms with Gasteiger partial charge in [-0.05, 0) is 31.5 Å². The van der Waals surface area contributed by atoms with E-state index in [4.69, 9.17) is 10.5 Å². The Morgan fingerprint density at radius 1 is 1.29 bits per heavy atom. The van der Waals surface area contributed by atoms with Gasteiger partial charge in [-0.15, -0.1) is 0 Å². The van der Waals surface area contributed by atoms with Gasteiger partial charge in [0.1, 0.15) is 5.82 Å². The highest BCUT2D eigenvalue weighted by Gasteiger charge is 2.12. The highest BCUT2D eigenvalue weighted by atomic mass is 19.3. The van der Waals surface area contributed by atoms with Crippen molar-refractivity contribution in [3.8, 4) is 11.5 Å². The Kier molecular flexibility index (Phi) is 4.62. The van der Waals surface area contributed by atoms with E-state index in [0.717, 1.165) is 11.3 Å². The minimum absolute atomic E-state index is 0.0141. The fraction of sp³-hybridized carbons (Fsp3) is 0.357. The first-order chi connectivity index (χ1) is 9.99. The van der Waals surface area contributed by atoms with Gasteiger partial charge in [0.05, 0.1) is 18.8 Å². The normalized spacial score (nSPS) is 10.9. The average Bonchev–Trinajstić information content (AvgIpc) is 2.71. The lowest BCUT2D eigenvalue weighted by Crippen LogP contribution is -2.08. The van der Waals surface area contributed by atoms with Crippen molar-refractivity contribution in [3.63, 3.8) is 0 Å². The van der Waals surface area contributed by atoms with Crippen molar-refractivity contribution in [2.24, 2.45) is 0 Å². The number of alkyl halides is 2. The zero-order valence-corrected chi connectivity index (χ0v) is 11.8. The van der Waals surface area contributed by atoms with Crippen LogP contribution in [-0.4, -0.2) is 23.0 Å². The second-order valence-electron chi connectivity index (χ2n) is 4.46. The number of hydrogen-bond acceptors (Lipinski definition) is 4. The second-order valence-corrected chi connectivity index (χ2v) is 4.46. The van der Waals surface area contributed by atoms with Gasteiger partial charge in [-0.2, -0.15) is 13.9 Å². The number of aryl methyl sites for hydroxylation is 1. The maximum Gasteiger partial charge on any atom is 0.387 e. The Balaban J connectivity index is 2.24. The molecule has 1 aromatic carbocycles. The summed E-state index contributed by atoms with van der Waals surface area (Å²) < 4.78 is 36.1. The Bertz CT molecular complexity index is 614. The van der Waals surface area contributed by atoms with Crippen LogP contribution in [0.15, 0.2) is 24.3 Å². The predicted octanol–water partition coefficient (Wildman–Crippen LogP) is 2.82. The van der Waals surface area contributed by atoms with Gasteiger partial charge < -0.3 is 15.2 Å². The molecule has 0 aliphatic carbocycles. The van der Waals surface area contributed by atoms with Gasteiger partial charge in [0.15, 0.2) is 11.5 Å². The van der Waals surface area contributed by atoms with Crippen LogP contribution in [0, 0.1) is 6.92 Å². The van der Waals surface area contributed by atoms with E-state index >= 15 is 0 Å². The lowest BCUT2D eigenvalue weighted by Gasteiger charge is -2.13. The van der Waals surface area contributed by atoms with E-state index in [1.54, 1.807) is 29.8 Å². The van der Waals surface area contributed by atoms with Gasteiger partial charge in [0.25, 0.3) is 0 Å². The van der Waals surface area contributed by atoms with Crippen molar-refractivity contribution in [1.29, 1.82) is 0 Å². The number of nitrogen functional groups attached to an aromatic ring is 1. The number of halogens is 2. The fourth-order valence-corrected chi connectivity index (χ4v) is 1.98. The first-order valence-electron chi connectivity index (χ1n) is 6.50. The van der Waals surface area contributed by atoms with Crippen molar-refractivity contribution < 1.29 is 18.3 Å². The summed E-state index contributed by atoms with van der Waals surface area (Å²) in [5.41, 5.74) is 7.47. The zero-order chi connectivity index (χ0) is 15.4. The zero-order valence-electron chi connectivity index (χ0n) is 11.8. The number of hydrogen-bond donors (Lipinski definition) is 1. The van der Waals surface area contributed by atoms with Crippen LogP contribution in [0.25, 0.3) is 0 Å². The molecule has 2 N–H and O–H groups in total. The number of nitrogens with zero attached hydrogens (tertiary/aromatic N) is 2. The van der Waals surface area contributed by atoms with Crippen LogP contribution in [0.3, 0.4) is 0 Å². The number of benzene rings is 1. The predicted molar refractivity (Wildman–Crippen MR) is 74.7 cm³/mol. The van der Waals surface area contributed by atoms with Crippen molar-refractivity contribution in [2.45, 2.75) is 27.0 Å². The lowest BCUT2D eigenvalue weighted by molar-refractivity contribution is -0.0514. The Morgan fingerprint density at radius 3 is 2.62 bits per heavy atom. The molecule has 0 atom stereocenters. The van der Waals surface area contributed by atoms with Gasteiger partial charge in [-0.25, -0.2) is 4.68 Å². The second kappa shape index (κ2) is 6.43. The minimum atomic E-state index is -2.89. The smallest absolute Gasteiger partial charge is 0.387 e. The number of rotatable bonds is 6. The van der Waals surface area contributed by atoms with Gasteiger partial charge >= 0.3 is 6.61 Å². The maximum atomic E-state index is 12.3. The molecule has 1 aromatic heterocycles. The molecule has 0 spiro atoms. The molecule has 2 rings (SSSR count). The van der Waals surface area contributed by atoms with E-state index in [0.29, 0.717) is 19.0 Å². The summed E-state index contributed by atoms with van der Waals surface area (Å²) >= 11 is 0. The molecule has 0 aliphatic rings. The van der Waals surface area contributed by atoms with Gasteiger partial charge in [-0.3, -0.25) is 0 Å². The molecule has 0 saturated carbocycles. The molecule has 0 saturated heterocycles. The molecule has 5 nitrogen and oxygen atoms in total. The van der Waals surface area contributed by atoms with Crippen LogP contribution in [0.5, 0.6) is 11.5 Å². The number of nitrogens with two attached hydrogens (primary N) is 1. The summed E-state index contributed by atoms with van der Waals surface area (Å²) in [5.74, 6) is 0.830. The molecule has 0 bridgehead atoms. The van der Waals surface area contributed by atoms with E-state index in [-0.39, 0.29) is 11.5 Å². The van der Waals surface area contributed by atoms with Gasteiger partial charge in [0.2, 0.25) is 0 Å². The Morgan fingerprint density at radius 2 is 2.05 bits per heavy atom. The molecular formula is C14H17F2N3O2. The fourth-order valence-electron chi connectivity index (χ4n) is 1.98. The standard InChI is InChI=1S/C14H17F2N3O2/c1-3-20-12-7-10(4-5-11(12)21-14(15)16)8-19-13(17)6-9(2)18-19/h4-7,14H,3,8,17H2,1-2H3. The first-order valence-corrected chi connectivity index (χ1v) is 6.50. The van der Waals surface area contributed by atoms with E-state index in [1.165, 1.54) is 6.07 Å². The molecular weight excluding hydrogens is 280 g/mol. The summed E-state index contributed by atoms with van der Waals surface area (Å²) in [4.78, 5) is 0. The van der Waals surface area contributed by atoms with Crippen LogP contribution in [-0.2, 0) is 6.54 Å². The van der Waals surface area contributed by atoms with E-state index in [9.17, 15) is 8.78 Å². The molecule has 21 heavy (non-hydrogen) atoms. The summed E-state index contributed by atoms with van der Waals surface area (Å²) in [6, 6.07) is 6.55. The topological polar surface area (TPSA) is 62.3 Å².